The summed E-state index contributed by atoms with van der Waals surface area (Å²) in [6.07, 6.45) is 7.07. The Morgan fingerprint density at radius 3 is 2.00 bits per heavy atom. The predicted molar refractivity (Wildman–Crippen MR) is 111 cm³/mol. The fraction of sp³-hybridized carbons (Fsp3) is 0.435. The minimum absolute atomic E-state index is 0.117. The van der Waals surface area contributed by atoms with E-state index in [1.54, 1.807) is 54.6 Å². The van der Waals surface area contributed by atoms with Crippen molar-refractivity contribution in [1.82, 2.24) is 5.32 Å². The van der Waals surface area contributed by atoms with E-state index in [9.17, 15) is 13.2 Å². The van der Waals surface area contributed by atoms with Gasteiger partial charge in [0, 0.05) is 5.54 Å². The summed E-state index contributed by atoms with van der Waals surface area (Å²) in [5.41, 5.74) is 0.199. The van der Waals surface area contributed by atoms with Crippen molar-refractivity contribution >= 4 is 21.6 Å². The van der Waals surface area contributed by atoms with Crippen molar-refractivity contribution in [2.24, 2.45) is 17.8 Å². The van der Waals surface area contributed by atoms with Crippen LogP contribution in [0.25, 0.3) is 0 Å². The van der Waals surface area contributed by atoms with E-state index in [0.29, 0.717) is 5.69 Å². The van der Waals surface area contributed by atoms with Crippen LogP contribution in [-0.2, 0) is 9.84 Å². The molecule has 0 unspecified atom stereocenters. The summed E-state index contributed by atoms with van der Waals surface area (Å²) in [7, 11) is -3.71. The van der Waals surface area contributed by atoms with E-state index in [2.05, 4.69) is 10.6 Å². The third-order valence-electron chi connectivity index (χ3n) is 6.90. The Hall–Kier alpha value is -2.34. The largest absolute Gasteiger partial charge is 0.332 e. The maximum Gasteiger partial charge on any atom is 0.319 e. The zero-order chi connectivity index (χ0) is 20.1. The molecule has 4 bridgehead atoms. The van der Waals surface area contributed by atoms with Crippen molar-refractivity contribution in [3.8, 4) is 0 Å². The number of amides is 2. The van der Waals surface area contributed by atoms with Gasteiger partial charge in [-0.15, -0.1) is 0 Å². The van der Waals surface area contributed by atoms with Gasteiger partial charge in [0.25, 0.3) is 0 Å². The second kappa shape index (κ2) is 6.87. The molecule has 6 rings (SSSR count). The van der Waals surface area contributed by atoms with E-state index < -0.39 is 9.84 Å². The van der Waals surface area contributed by atoms with Crippen LogP contribution in [0.15, 0.2) is 64.4 Å². The molecule has 2 amide bonds. The van der Waals surface area contributed by atoms with Gasteiger partial charge in [0.1, 0.15) is 0 Å². The van der Waals surface area contributed by atoms with Gasteiger partial charge < -0.3 is 10.6 Å². The molecule has 6 heteroatoms. The summed E-state index contributed by atoms with van der Waals surface area (Å²) >= 11 is 0. The average Bonchev–Trinajstić information content (AvgIpc) is 2.67. The number of hydrogen-bond donors (Lipinski definition) is 2. The Morgan fingerprint density at radius 2 is 1.38 bits per heavy atom. The maximum atomic E-state index is 13.1. The van der Waals surface area contributed by atoms with Crippen LogP contribution in [0.5, 0.6) is 0 Å². The summed E-state index contributed by atoms with van der Waals surface area (Å²) in [5, 5.41) is 6.08. The molecule has 0 atom stereocenters. The highest BCUT2D eigenvalue weighted by molar-refractivity contribution is 7.91. The molecule has 2 N–H and O–H groups in total. The van der Waals surface area contributed by atoms with E-state index in [1.807, 2.05) is 0 Å². The molecule has 0 spiro atoms. The van der Waals surface area contributed by atoms with Gasteiger partial charge in [0.15, 0.2) is 0 Å². The second-order valence-corrected chi connectivity index (χ2v) is 11.0. The smallest absolute Gasteiger partial charge is 0.319 e. The van der Waals surface area contributed by atoms with Crippen LogP contribution in [-0.4, -0.2) is 20.0 Å². The summed E-state index contributed by atoms with van der Waals surface area (Å²) < 4.78 is 26.1. The molecular weight excluding hydrogens is 384 g/mol. The SMILES string of the molecule is O=C(Nc1ccccc1S(=O)(=O)c1ccccc1)NC12CC3CC(CC(C3)C1)C2. The molecule has 0 heterocycles. The minimum atomic E-state index is -3.71. The summed E-state index contributed by atoms with van der Waals surface area (Å²) in [4.78, 5) is 13.2. The van der Waals surface area contributed by atoms with Gasteiger partial charge >= 0.3 is 6.03 Å². The fourth-order valence-corrected chi connectivity index (χ4v) is 7.62. The van der Waals surface area contributed by atoms with Crippen LogP contribution in [0.1, 0.15) is 38.5 Å². The molecule has 2 aromatic rings. The zero-order valence-electron chi connectivity index (χ0n) is 16.3. The number of rotatable bonds is 4. The van der Waals surface area contributed by atoms with Crippen molar-refractivity contribution in [2.75, 3.05) is 5.32 Å². The highest BCUT2D eigenvalue weighted by Gasteiger charge is 2.51. The number of nitrogens with one attached hydrogen (secondary N) is 2. The number of urea groups is 1. The second-order valence-electron chi connectivity index (χ2n) is 9.09. The van der Waals surface area contributed by atoms with E-state index in [1.165, 1.54) is 19.3 Å². The summed E-state index contributed by atoms with van der Waals surface area (Å²) in [6, 6.07) is 14.6. The van der Waals surface area contributed by atoms with Crippen LogP contribution in [0, 0.1) is 17.8 Å². The third-order valence-corrected chi connectivity index (χ3v) is 8.72. The first kappa shape index (κ1) is 18.7. The molecule has 0 saturated heterocycles. The van der Waals surface area contributed by atoms with E-state index >= 15 is 0 Å². The Morgan fingerprint density at radius 1 is 0.828 bits per heavy atom. The number of anilines is 1. The Bertz CT molecular complexity index is 998. The van der Waals surface area contributed by atoms with Crippen LogP contribution in [0.3, 0.4) is 0 Å². The monoisotopic (exact) mass is 410 g/mol. The minimum Gasteiger partial charge on any atom is -0.332 e. The van der Waals surface area contributed by atoms with E-state index in [-0.39, 0.29) is 21.4 Å². The topological polar surface area (TPSA) is 75.3 Å². The lowest BCUT2D eigenvalue weighted by Crippen LogP contribution is -2.60. The highest BCUT2D eigenvalue weighted by Crippen LogP contribution is 2.55. The Labute approximate surface area is 171 Å². The molecule has 5 nitrogen and oxygen atoms in total. The molecule has 0 aliphatic heterocycles. The van der Waals surface area contributed by atoms with Crippen LogP contribution in [0.2, 0.25) is 0 Å². The van der Waals surface area contributed by atoms with Gasteiger partial charge in [-0.05, 0) is 80.5 Å². The lowest BCUT2D eigenvalue weighted by Gasteiger charge is -2.56. The summed E-state index contributed by atoms with van der Waals surface area (Å²) in [5.74, 6) is 2.19. The van der Waals surface area contributed by atoms with Gasteiger partial charge in [-0.25, -0.2) is 13.2 Å². The van der Waals surface area contributed by atoms with Crippen molar-refractivity contribution in [2.45, 2.75) is 53.9 Å². The number of carbonyl (C=O) groups excluding carboxylic acids is 1. The zero-order valence-corrected chi connectivity index (χ0v) is 17.1. The number of benzene rings is 2. The van der Waals surface area contributed by atoms with Gasteiger partial charge in [-0.3, -0.25) is 0 Å². The number of carbonyl (C=O) groups is 1. The van der Waals surface area contributed by atoms with Gasteiger partial charge in [0.05, 0.1) is 15.5 Å². The van der Waals surface area contributed by atoms with Crippen molar-refractivity contribution in [3.63, 3.8) is 0 Å². The molecule has 0 radical (unpaired) electrons. The molecule has 4 saturated carbocycles. The van der Waals surface area contributed by atoms with Gasteiger partial charge in [-0.1, -0.05) is 30.3 Å². The molecular formula is C23H26N2O3S. The predicted octanol–water partition coefficient (Wildman–Crippen LogP) is 4.61. The van der Waals surface area contributed by atoms with Gasteiger partial charge in [-0.2, -0.15) is 0 Å². The van der Waals surface area contributed by atoms with Gasteiger partial charge in [0.2, 0.25) is 9.84 Å². The average molecular weight is 411 g/mol. The Balaban J connectivity index is 1.37. The molecule has 4 fully saturated rings. The van der Waals surface area contributed by atoms with E-state index in [0.717, 1.165) is 37.0 Å². The molecule has 0 aromatic heterocycles. The summed E-state index contributed by atoms with van der Waals surface area (Å²) in [6.45, 7) is 0. The molecule has 4 aliphatic carbocycles. The van der Waals surface area contributed by atoms with E-state index in [4.69, 9.17) is 0 Å². The first-order valence-corrected chi connectivity index (χ1v) is 11.9. The standard InChI is InChI=1S/C23H26N2O3S/c26-22(25-23-13-16-10-17(14-23)12-18(11-16)15-23)24-20-8-4-5-9-21(20)29(27,28)19-6-2-1-3-7-19/h1-9,16-18H,10-15H2,(H2,24,25,26). The number of sulfone groups is 1. The lowest BCUT2D eigenvalue weighted by atomic mass is 9.53. The van der Waals surface area contributed by atoms with Crippen molar-refractivity contribution < 1.29 is 13.2 Å². The molecule has 4 aliphatic rings. The maximum absolute atomic E-state index is 13.1. The van der Waals surface area contributed by atoms with Crippen molar-refractivity contribution in [1.29, 1.82) is 0 Å². The quantitative estimate of drug-likeness (QED) is 0.773. The third kappa shape index (κ3) is 3.44. The van der Waals surface area contributed by atoms with Crippen LogP contribution < -0.4 is 10.6 Å². The normalized spacial score (nSPS) is 30.1. The molecule has 29 heavy (non-hydrogen) atoms. The fourth-order valence-electron chi connectivity index (χ4n) is 6.19. The lowest BCUT2D eigenvalue weighted by molar-refractivity contribution is -0.0127. The molecule has 2 aromatic carbocycles. The van der Waals surface area contributed by atoms with Crippen LogP contribution in [0.4, 0.5) is 10.5 Å². The molecule has 152 valence electrons. The first-order chi connectivity index (χ1) is 13.9. The van der Waals surface area contributed by atoms with Crippen molar-refractivity contribution in [3.05, 3.63) is 54.6 Å². The first-order valence-electron chi connectivity index (χ1n) is 10.4. The highest BCUT2D eigenvalue weighted by atomic mass is 32.2. The Kier molecular flexibility index (Phi) is 4.42. The number of hydrogen-bond acceptors (Lipinski definition) is 3. The van der Waals surface area contributed by atoms with Crippen LogP contribution >= 0.6 is 0 Å². The number of para-hydroxylation sites is 1.